The van der Waals surface area contributed by atoms with E-state index < -0.39 is 26.5 Å². The minimum atomic E-state index is -3.88. The molecule has 0 atom stereocenters. The van der Waals surface area contributed by atoms with Crippen molar-refractivity contribution in [2.75, 3.05) is 19.5 Å². The average Bonchev–Trinajstić information content (AvgIpc) is 2.28. The van der Waals surface area contributed by atoms with Crippen LogP contribution in [0.15, 0.2) is 23.1 Å². The van der Waals surface area contributed by atoms with Crippen molar-refractivity contribution in [3.05, 3.63) is 34.1 Å². The van der Waals surface area contributed by atoms with Gasteiger partial charge in [0, 0.05) is 31.6 Å². The summed E-state index contributed by atoms with van der Waals surface area (Å²) in [5.74, 6) is -1.11. The van der Waals surface area contributed by atoms with Crippen molar-refractivity contribution in [1.82, 2.24) is 4.31 Å². The summed E-state index contributed by atoms with van der Waals surface area (Å²) in [4.78, 5) is 9.14. The molecule has 0 aliphatic carbocycles. The van der Waals surface area contributed by atoms with Crippen LogP contribution in [0.1, 0.15) is 0 Å². The van der Waals surface area contributed by atoms with Gasteiger partial charge >= 0.3 is 5.69 Å². The van der Waals surface area contributed by atoms with Crippen LogP contribution in [0.5, 0.6) is 0 Å². The number of nitrogens with zero attached hydrogens (tertiary/aromatic N) is 2. The van der Waals surface area contributed by atoms with Gasteiger partial charge in [-0.25, -0.2) is 8.42 Å². The van der Waals surface area contributed by atoms with Crippen molar-refractivity contribution >= 4 is 27.3 Å². The third kappa shape index (κ3) is 2.95. The van der Waals surface area contributed by atoms with E-state index in [-0.39, 0.29) is 17.3 Å². The molecule has 0 N–H and O–H groups in total. The first-order valence-electron chi connectivity index (χ1n) is 4.77. The van der Waals surface area contributed by atoms with Crippen LogP contribution in [0, 0.1) is 15.9 Å². The van der Waals surface area contributed by atoms with Crippen LogP contribution >= 0.6 is 11.6 Å². The van der Waals surface area contributed by atoms with Gasteiger partial charge in [0.25, 0.3) is 0 Å². The maximum atomic E-state index is 13.3. The molecule has 1 aromatic rings. The number of sulfonamides is 1. The van der Waals surface area contributed by atoms with Crippen molar-refractivity contribution in [2.45, 2.75) is 4.90 Å². The molecule has 0 saturated heterocycles. The first-order chi connectivity index (χ1) is 8.30. The summed E-state index contributed by atoms with van der Waals surface area (Å²) in [5.41, 5.74) is -0.769. The summed E-state index contributed by atoms with van der Waals surface area (Å²) >= 11 is 5.42. The third-order valence-corrected chi connectivity index (χ3v) is 4.25. The Morgan fingerprint density at radius 3 is 2.56 bits per heavy atom. The van der Waals surface area contributed by atoms with Crippen molar-refractivity contribution in [2.24, 2.45) is 0 Å². The van der Waals surface area contributed by atoms with E-state index in [0.717, 1.165) is 16.4 Å². The van der Waals surface area contributed by atoms with Crippen LogP contribution in [0.2, 0.25) is 0 Å². The Bertz CT molecular complexity index is 564. The van der Waals surface area contributed by atoms with Crippen LogP contribution in [-0.4, -0.2) is 37.1 Å². The summed E-state index contributed by atoms with van der Waals surface area (Å²) in [5, 5.41) is 10.4. The van der Waals surface area contributed by atoms with E-state index in [2.05, 4.69) is 0 Å². The molecule has 100 valence electrons. The maximum Gasteiger partial charge on any atom is 0.304 e. The van der Waals surface area contributed by atoms with E-state index in [9.17, 15) is 22.9 Å². The fourth-order valence-electron chi connectivity index (χ4n) is 1.22. The third-order valence-electron chi connectivity index (χ3n) is 2.22. The van der Waals surface area contributed by atoms with Crippen LogP contribution in [0.3, 0.4) is 0 Å². The van der Waals surface area contributed by atoms with Gasteiger partial charge < -0.3 is 0 Å². The zero-order valence-corrected chi connectivity index (χ0v) is 10.9. The SMILES string of the molecule is CN(CCCl)S(=O)(=O)c1ccc([N+](=O)[O-])c(F)c1. The van der Waals surface area contributed by atoms with Crippen LogP contribution in [0.25, 0.3) is 0 Å². The highest BCUT2D eigenvalue weighted by atomic mass is 35.5. The molecule has 0 heterocycles. The van der Waals surface area contributed by atoms with Gasteiger partial charge in [-0.1, -0.05) is 0 Å². The minimum Gasteiger partial charge on any atom is -0.258 e. The number of hydrogen-bond acceptors (Lipinski definition) is 4. The Balaban J connectivity index is 3.19. The molecule has 0 radical (unpaired) electrons. The van der Waals surface area contributed by atoms with Crippen molar-refractivity contribution in [1.29, 1.82) is 0 Å². The number of benzene rings is 1. The predicted molar refractivity (Wildman–Crippen MR) is 63.6 cm³/mol. The molecular weight excluding hydrogens is 287 g/mol. The van der Waals surface area contributed by atoms with Crippen LogP contribution in [0.4, 0.5) is 10.1 Å². The summed E-state index contributed by atoms with van der Waals surface area (Å²) in [6.07, 6.45) is 0. The second-order valence-electron chi connectivity index (χ2n) is 3.39. The summed E-state index contributed by atoms with van der Waals surface area (Å²) < 4.78 is 38.0. The molecule has 6 nitrogen and oxygen atoms in total. The molecule has 1 aromatic carbocycles. The van der Waals surface area contributed by atoms with Gasteiger partial charge in [0.2, 0.25) is 15.8 Å². The first kappa shape index (κ1) is 14.8. The van der Waals surface area contributed by atoms with Gasteiger partial charge in [-0.2, -0.15) is 8.70 Å². The topological polar surface area (TPSA) is 80.5 Å². The molecular formula is C9H10ClFN2O4S. The lowest BCUT2D eigenvalue weighted by molar-refractivity contribution is -0.387. The Morgan fingerprint density at radius 1 is 1.50 bits per heavy atom. The Hall–Kier alpha value is -1.25. The summed E-state index contributed by atoms with van der Waals surface area (Å²) in [6.45, 7) is 0.0580. The van der Waals surface area contributed by atoms with Gasteiger partial charge in [0.15, 0.2) is 0 Å². The molecule has 0 saturated carbocycles. The first-order valence-corrected chi connectivity index (χ1v) is 6.74. The monoisotopic (exact) mass is 296 g/mol. The highest BCUT2D eigenvalue weighted by Crippen LogP contribution is 2.22. The highest BCUT2D eigenvalue weighted by molar-refractivity contribution is 7.89. The lowest BCUT2D eigenvalue weighted by atomic mass is 10.3. The van der Waals surface area contributed by atoms with E-state index in [4.69, 9.17) is 11.6 Å². The molecule has 0 aliphatic rings. The van der Waals surface area contributed by atoms with Gasteiger partial charge in [-0.15, -0.1) is 11.6 Å². The Labute approximate surface area is 108 Å². The summed E-state index contributed by atoms with van der Waals surface area (Å²) in [6, 6.07) is 2.43. The number of halogens is 2. The maximum absolute atomic E-state index is 13.3. The lowest BCUT2D eigenvalue weighted by Gasteiger charge is -2.15. The quantitative estimate of drug-likeness (QED) is 0.469. The number of nitro benzene ring substituents is 1. The zero-order chi connectivity index (χ0) is 13.9. The molecule has 9 heteroatoms. The predicted octanol–water partition coefficient (Wildman–Crippen LogP) is 1.59. The molecule has 0 bridgehead atoms. The molecule has 0 amide bonds. The smallest absolute Gasteiger partial charge is 0.258 e. The molecule has 0 fully saturated rings. The average molecular weight is 297 g/mol. The number of hydrogen-bond donors (Lipinski definition) is 0. The molecule has 0 aliphatic heterocycles. The molecule has 1 rings (SSSR count). The van der Waals surface area contributed by atoms with Crippen molar-refractivity contribution in [3.63, 3.8) is 0 Å². The minimum absolute atomic E-state index is 0.0580. The Kier molecular flexibility index (Phi) is 4.60. The van der Waals surface area contributed by atoms with E-state index in [0.29, 0.717) is 6.07 Å². The van der Waals surface area contributed by atoms with E-state index >= 15 is 0 Å². The summed E-state index contributed by atoms with van der Waals surface area (Å²) in [7, 11) is -2.59. The van der Waals surface area contributed by atoms with Crippen molar-refractivity contribution in [3.8, 4) is 0 Å². The fraction of sp³-hybridized carbons (Fsp3) is 0.333. The highest BCUT2D eigenvalue weighted by Gasteiger charge is 2.23. The van der Waals surface area contributed by atoms with E-state index in [1.165, 1.54) is 7.05 Å². The van der Waals surface area contributed by atoms with Gasteiger partial charge in [0.1, 0.15) is 0 Å². The van der Waals surface area contributed by atoms with E-state index in [1.54, 1.807) is 0 Å². The second kappa shape index (κ2) is 5.59. The standard InChI is InChI=1S/C9H10ClFN2O4S/c1-12(5-4-10)18(16,17)7-2-3-9(13(14)15)8(11)6-7/h2-3,6H,4-5H2,1H3. The fourth-order valence-corrected chi connectivity index (χ4v) is 2.75. The normalized spacial score (nSPS) is 11.8. The van der Waals surface area contributed by atoms with Crippen LogP contribution < -0.4 is 0 Å². The van der Waals surface area contributed by atoms with Crippen LogP contribution in [-0.2, 0) is 10.0 Å². The molecule has 0 aromatic heterocycles. The number of nitro groups is 1. The van der Waals surface area contributed by atoms with Crippen molar-refractivity contribution < 1.29 is 17.7 Å². The van der Waals surface area contributed by atoms with Gasteiger partial charge in [-0.05, 0) is 6.07 Å². The largest absolute Gasteiger partial charge is 0.304 e. The molecule has 18 heavy (non-hydrogen) atoms. The number of alkyl halides is 1. The van der Waals surface area contributed by atoms with Gasteiger partial charge in [-0.3, -0.25) is 10.1 Å². The lowest BCUT2D eigenvalue weighted by Crippen LogP contribution is -2.28. The molecule has 0 unspecified atom stereocenters. The zero-order valence-electron chi connectivity index (χ0n) is 9.34. The Morgan fingerprint density at radius 2 is 2.11 bits per heavy atom. The number of rotatable bonds is 5. The second-order valence-corrected chi connectivity index (χ2v) is 5.81. The van der Waals surface area contributed by atoms with Gasteiger partial charge in [0.05, 0.1) is 9.82 Å². The molecule has 0 spiro atoms. The van der Waals surface area contributed by atoms with E-state index in [1.807, 2.05) is 0 Å².